The molecule has 2 aromatic heterocycles. The number of methoxy groups -OCH3 is 2. The number of anilines is 1. The highest BCUT2D eigenvalue weighted by Gasteiger charge is 2.33. The number of halogens is 2. The number of nitrogens with one attached hydrogen (secondary N) is 2. The molecule has 17 heteroatoms. The van der Waals surface area contributed by atoms with Gasteiger partial charge in [-0.1, -0.05) is 43.9 Å². The Kier molecular flexibility index (Phi) is 15.1. The lowest BCUT2D eigenvalue weighted by Gasteiger charge is -2.34. The van der Waals surface area contributed by atoms with Gasteiger partial charge in [0.1, 0.15) is 24.0 Å². The summed E-state index contributed by atoms with van der Waals surface area (Å²) >= 11 is 0. The third-order valence-electron chi connectivity index (χ3n) is 12.6. The zero-order chi connectivity index (χ0) is 46.3. The van der Waals surface area contributed by atoms with E-state index in [1.54, 1.807) is 44.1 Å². The number of rotatable bonds is 20. The smallest absolute Gasteiger partial charge is 0.295 e. The Morgan fingerprint density at radius 2 is 1.72 bits per heavy atom. The van der Waals surface area contributed by atoms with E-state index in [0.29, 0.717) is 59.7 Å². The number of hydrogen-bond donors (Lipinski definition) is 3. The highest BCUT2D eigenvalue weighted by Crippen LogP contribution is 2.41. The maximum absolute atomic E-state index is 14.3. The van der Waals surface area contributed by atoms with Crippen molar-refractivity contribution in [2.45, 2.75) is 89.5 Å². The molecule has 0 saturated carbocycles. The van der Waals surface area contributed by atoms with Crippen LogP contribution in [0.1, 0.15) is 98.5 Å². The van der Waals surface area contributed by atoms with E-state index in [2.05, 4.69) is 20.6 Å². The number of aliphatic hydroxyl groups excluding tert-OH is 1. The molecular formula is C48H60F2N8O7. The Morgan fingerprint density at radius 1 is 0.969 bits per heavy atom. The molecule has 2 aliphatic rings. The van der Waals surface area contributed by atoms with Crippen molar-refractivity contribution in [3.63, 3.8) is 0 Å². The molecule has 0 bridgehead atoms. The molecular weight excluding hydrogens is 839 g/mol. The Hall–Kier alpha value is -5.94. The van der Waals surface area contributed by atoms with Gasteiger partial charge < -0.3 is 29.5 Å². The molecule has 2 aliphatic heterocycles. The van der Waals surface area contributed by atoms with E-state index in [-0.39, 0.29) is 42.4 Å². The number of hydrogen-bond acceptors (Lipinski definition) is 12. The minimum absolute atomic E-state index is 0.0541. The lowest BCUT2D eigenvalue weighted by molar-refractivity contribution is -0.135. The van der Waals surface area contributed by atoms with Crippen molar-refractivity contribution in [3.05, 3.63) is 76.7 Å². The maximum atomic E-state index is 14.3. The van der Waals surface area contributed by atoms with Gasteiger partial charge in [-0.2, -0.15) is 13.9 Å². The van der Waals surface area contributed by atoms with Gasteiger partial charge in [0.05, 0.1) is 36.9 Å². The summed E-state index contributed by atoms with van der Waals surface area (Å²) in [6.45, 7) is 6.31. The van der Waals surface area contributed by atoms with E-state index in [0.717, 1.165) is 91.9 Å². The van der Waals surface area contributed by atoms with Crippen LogP contribution in [0, 0.1) is 6.92 Å². The first-order chi connectivity index (χ1) is 31.3. The number of ether oxygens (including phenoxy) is 3. The predicted molar refractivity (Wildman–Crippen MR) is 243 cm³/mol. The van der Waals surface area contributed by atoms with Crippen LogP contribution in [0.3, 0.4) is 0 Å². The molecule has 7 rings (SSSR count). The zero-order valence-corrected chi connectivity index (χ0v) is 37.9. The second kappa shape index (κ2) is 20.9. The molecule has 2 unspecified atom stereocenters. The van der Waals surface area contributed by atoms with E-state index in [9.17, 15) is 28.3 Å². The van der Waals surface area contributed by atoms with Gasteiger partial charge in [0.25, 0.3) is 11.8 Å². The number of alkyl halides is 2. The van der Waals surface area contributed by atoms with E-state index >= 15 is 0 Å². The predicted octanol–water partition coefficient (Wildman–Crippen LogP) is 6.73. The molecule has 2 saturated heterocycles. The molecule has 5 aromatic rings. The summed E-state index contributed by atoms with van der Waals surface area (Å²) in [5, 5.41) is 21.2. The van der Waals surface area contributed by atoms with Crippen LogP contribution < -0.4 is 24.8 Å². The number of nitrogens with zero attached hydrogens (tertiary/aromatic N) is 6. The van der Waals surface area contributed by atoms with Crippen molar-refractivity contribution in [3.8, 4) is 17.2 Å². The summed E-state index contributed by atoms with van der Waals surface area (Å²) in [6.07, 6.45) is 7.80. The van der Waals surface area contributed by atoms with Crippen LogP contribution in [0.25, 0.3) is 21.8 Å². The van der Waals surface area contributed by atoms with Crippen LogP contribution in [0.5, 0.6) is 17.2 Å². The fraction of sp³-hybridized carbons (Fsp3) is 0.500. The lowest BCUT2D eigenvalue weighted by atomic mass is 9.93. The third-order valence-corrected chi connectivity index (χ3v) is 12.6. The van der Waals surface area contributed by atoms with Gasteiger partial charge in [0, 0.05) is 73.7 Å². The summed E-state index contributed by atoms with van der Waals surface area (Å²) in [5.41, 5.74) is 3.49. The van der Waals surface area contributed by atoms with Gasteiger partial charge in [-0.25, -0.2) is 9.97 Å². The van der Waals surface area contributed by atoms with Crippen molar-refractivity contribution in [1.29, 1.82) is 0 Å². The number of amides is 3. The summed E-state index contributed by atoms with van der Waals surface area (Å²) < 4.78 is 47.9. The number of piperidine rings is 1. The Labute approximate surface area is 377 Å². The molecule has 3 aromatic carbocycles. The van der Waals surface area contributed by atoms with Gasteiger partial charge in [0.2, 0.25) is 11.8 Å². The second-order valence-corrected chi connectivity index (χ2v) is 17.0. The van der Waals surface area contributed by atoms with Crippen molar-refractivity contribution < 1.29 is 42.5 Å². The van der Waals surface area contributed by atoms with Crippen molar-refractivity contribution in [1.82, 2.24) is 34.9 Å². The standard InChI is InChI=1S/C48H60F2N8O7/c1-30(32-13-12-14-33(25-32)48(49,50)29-59)51-46-38-27-40(63-4)45(64-5)36(43(38)52-31(2)53-46)15-10-8-6-7-9-11-20-57-21-23-58(24-22-57)42(61)28-65-34-16-17-35-39(26-34)56(3)55-44(35)37-18-19-41(60)54-47(37)62/h12-14,16-17,25-27,30,37,59H,6-11,15,18-24,28-29H2,1-5H3,(H,51,52,53)(H,54,60,62). The summed E-state index contributed by atoms with van der Waals surface area (Å²) in [6, 6.07) is 13.0. The number of benzene rings is 3. The number of piperazine rings is 1. The molecule has 65 heavy (non-hydrogen) atoms. The molecule has 348 valence electrons. The zero-order valence-electron chi connectivity index (χ0n) is 37.9. The van der Waals surface area contributed by atoms with Gasteiger partial charge in [-0.15, -0.1) is 0 Å². The molecule has 2 atom stereocenters. The van der Waals surface area contributed by atoms with Crippen molar-refractivity contribution >= 4 is 45.3 Å². The van der Waals surface area contributed by atoms with Crippen molar-refractivity contribution in [2.75, 3.05) is 65.5 Å². The van der Waals surface area contributed by atoms with Gasteiger partial charge in [0.15, 0.2) is 18.1 Å². The summed E-state index contributed by atoms with van der Waals surface area (Å²) in [7, 11) is 5.02. The first-order valence-corrected chi connectivity index (χ1v) is 22.5. The number of unbranched alkanes of at least 4 members (excludes halogenated alkanes) is 5. The van der Waals surface area contributed by atoms with Crippen LogP contribution >= 0.6 is 0 Å². The summed E-state index contributed by atoms with van der Waals surface area (Å²) in [4.78, 5) is 51.0. The van der Waals surface area contributed by atoms with Gasteiger partial charge >= 0.3 is 0 Å². The van der Waals surface area contributed by atoms with Crippen LogP contribution in [0.2, 0.25) is 0 Å². The molecule has 2 fully saturated rings. The first-order valence-electron chi connectivity index (χ1n) is 22.5. The highest BCUT2D eigenvalue weighted by atomic mass is 19.3. The SMILES string of the molecule is COc1cc2c(NC(C)c3cccc(C(F)(F)CO)c3)nc(C)nc2c(CCCCCCCCN2CCN(C(=O)COc3ccc4c(C5CCC(=O)NC5=O)nn(C)c4c3)CC2)c1OC. The largest absolute Gasteiger partial charge is 0.493 e. The average Bonchev–Trinajstić information content (AvgIpc) is 3.63. The fourth-order valence-corrected chi connectivity index (χ4v) is 8.90. The highest BCUT2D eigenvalue weighted by molar-refractivity contribution is 6.02. The van der Waals surface area contributed by atoms with E-state index in [1.165, 1.54) is 12.1 Å². The second-order valence-electron chi connectivity index (χ2n) is 17.0. The van der Waals surface area contributed by atoms with Gasteiger partial charge in [-0.3, -0.25) is 29.3 Å². The van der Waals surface area contributed by atoms with Crippen LogP contribution in [0.4, 0.5) is 14.6 Å². The Morgan fingerprint density at radius 3 is 2.45 bits per heavy atom. The molecule has 4 heterocycles. The maximum Gasteiger partial charge on any atom is 0.295 e. The van der Waals surface area contributed by atoms with Gasteiger partial charge in [-0.05, 0) is 75.9 Å². The van der Waals surface area contributed by atoms with E-state index in [4.69, 9.17) is 24.2 Å². The molecule has 15 nitrogen and oxygen atoms in total. The third kappa shape index (κ3) is 11.0. The number of carbonyl (C=O) groups is 3. The molecule has 0 radical (unpaired) electrons. The number of fused-ring (bicyclic) bond motifs is 2. The average molecular weight is 899 g/mol. The number of carbonyl (C=O) groups excluding carboxylic acids is 3. The number of aromatic nitrogens is 4. The first kappa shape index (κ1) is 47.0. The normalized spacial score (nSPS) is 16.5. The Balaban J connectivity index is 0.840. The molecule has 0 aliphatic carbocycles. The number of aliphatic hydroxyl groups is 1. The lowest BCUT2D eigenvalue weighted by Crippen LogP contribution is -2.50. The molecule has 0 spiro atoms. The molecule has 3 amide bonds. The van der Waals surface area contributed by atoms with Crippen LogP contribution in [-0.4, -0.2) is 113 Å². The van der Waals surface area contributed by atoms with Crippen LogP contribution in [0.15, 0.2) is 48.5 Å². The molecule has 3 N–H and O–H groups in total. The minimum Gasteiger partial charge on any atom is -0.493 e. The fourth-order valence-electron chi connectivity index (χ4n) is 8.90. The van der Waals surface area contributed by atoms with Crippen LogP contribution in [-0.2, 0) is 33.8 Å². The monoisotopic (exact) mass is 898 g/mol. The van der Waals surface area contributed by atoms with E-state index in [1.807, 2.05) is 36.9 Å². The summed E-state index contributed by atoms with van der Waals surface area (Å²) in [5.74, 6) is -1.62. The quantitative estimate of drug-likeness (QED) is 0.0557. The number of imide groups is 1. The van der Waals surface area contributed by atoms with E-state index < -0.39 is 18.4 Å². The minimum atomic E-state index is -3.34. The Bertz CT molecular complexity index is 2510. The topological polar surface area (TPSA) is 173 Å². The van der Waals surface area contributed by atoms with Crippen molar-refractivity contribution in [2.24, 2.45) is 7.05 Å². The number of aryl methyl sites for hydroxylation is 3.